The first kappa shape index (κ1) is 14.1. The topological polar surface area (TPSA) is 80.9 Å². The summed E-state index contributed by atoms with van der Waals surface area (Å²) in [7, 11) is 0. The highest BCUT2D eigenvalue weighted by atomic mass is 16.3. The molecule has 0 fully saturated rings. The van der Waals surface area contributed by atoms with Crippen molar-refractivity contribution < 1.29 is 9.21 Å². The van der Waals surface area contributed by atoms with Gasteiger partial charge in [0, 0.05) is 18.0 Å². The van der Waals surface area contributed by atoms with E-state index in [2.05, 4.69) is 20.3 Å². The monoisotopic (exact) mass is 316 g/mol. The fraction of sp³-hybridized carbons (Fsp3) is 0. The maximum absolute atomic E-state index is 12.6. The minimum Gasteiger partial charge on any atom is -0.438 e. The third kappa shape index (κ3) is 2.50. The van der Waals surface area contributed by atoms with E-state index in [4.69, 9.17) is 4.42 Å². The Hall–Kier alpha value is -3.54. The summed E-state index contributed by atoms with van der Waals surface area (Å²) >= 11 is 0. The van der Waals surface area contributed by atoms with Crippen molar-refractivity contribution in [3.63, 3.8) is 0 Å². The number of carbonyl (C=O) groups excluding carboxylic acids is 1. The standard InChI is InChI=1S/C18H12N4O2/c23-18(17-15(21-11-24-17)12-5-2-1-3-6-12)22-14-8-10-19-13-7-4-9-20-16(13)14/h1-11H,(H,19,22,23). The molecule has 24 heavy (non-hydrogen) atoms. The molecule has 0 atom stereocenters. The molecule has 0 saturated carbocycles. The third-order valence-corrected chi connectivity index (χ3v) is 3.57. The van der Waals surface area contributed by atoms with Crippen LogP contribution in [0.3, 0.4) is 0 Å². The maximum Gasteiger partial charge on any atom is 0.293 e. The zero-order valence-electron chi connectivity index (χ0n) is 12.5. The largest absolute Gasteiger partial charge is 0.438 e. The molecule has 6 nitrogen and oxygen atoms in total. The van der Waals surface area contributed by atoms with E-state index < -0.39 is 0 Å². The molecule has 1 amide bonds. The summed E-state index contributed by atoms with van der Waals surface area (Å²) < 4.78 is 5.31. The minimum absolute atomic E-state index is 0.155. The second-order valence-corrected chi connectivity index (χ2v) is 5.08. The summed E-state index contributed by atoms with van der Waals surface area (Å²) in [6, 6.07) is 14.7. The smallest absolute Gasteiger partial charge is 0.293 e. The summed E-state index contributed by atoms with van der Waals surface area (Å²) in [5, 5.41) is 2.82. The van der Waals surface area contributed by atoms with Gasteiger partial charge >= 0.3 is 0 Å². The average molecular weight is 316 g/mol. The van der Waals surface area contributed by atoms with Gasteiger partial charge in [0.25, 0.3) is 5.91 Å². The number of aromatic nitrogens is 3. The van der Waals surface area contributed by atoms with Gasteiger partial charge in [-0.15, -0.1) is 0 Å². The zero-order chi connectivity index (χ0) is 16.4. The van der Waals surface area contributed by atoms with Crippen molar-refractivity contribution in [3.05, 3.63) is 73.1 Å². The highest BCUT2D eigenvalue weighted by Gasteiger charge is 2.19. The molecule has 1 aromatic carbocycles. The lowest BCUT2D eigenvalue weighted by Crippen LogP contribution is -2.13. The molecule has 116 valence electrons. The number of amides is 1. The zero-order valence-corrected chi connectivity index (χ0v) is 12.5. The Morgan fingerprint density at radius 2 is 1.79 bits per heavy atom. The van der Waals surface area contributed by atoms with Gasteiger partial charge in [-0.05, 0) is 18.2 Å². The molecule has 6 heteroatoms. The second kappa shape index (κ2) is 5.92. The van der Waals surface area contributed by atoms with Crippen molar-refractivity contribution >= 4 is 22.6 Å². The molecule has 3 heterocycles. The molecule has 1 N–H and O–H groups in total. The molecule has 0 spiro atoms. The highest BCUT2D eigenvalue weighted by molar-refractivity contribution is 6.08. The predicted octanol–water partition coefficient (Wildman–Crippen LogP) is 3.54. The Bertz CT molecular complexity index is 1010. The van der Waals surface area contributed by atoms with Gasteiger partial charge in [-0.2, -0.15) is 0 Å². The lowest BCUT2D eigenvalue weighted by Gasteiger charge is -2.07. The lowest BCUT2D eigenvalue weighted by atomic mass is 10.1. The van der Waals surface area contributed by atoms with Gasteiger partial charge in [0.05, 0.1) is 11.2 Å². The first-order valence-electron chi connectivity index (χ1n) is 7.33. The van der Waals surface area contributed by atoms with E-state index in [9.17, 15) is 4.79 Å². The quantitative estimate of drug-likeness (QED) is 0.625. The molecule has 4 aromatic rings. The van der Waals surface area contributed by atoms with E-state index >= 15 is 0 Å². The van der Waals surface area contributed by atoms with E-state index in [1.54, 1.807) is 24.5 Å². The fourth-order valence-electron chi connectivity index (χ4n) is 2.47. The van der Waals surface area contributed by atoms with Crippen LogP contribution >= 0.6 is 0 Å². The SMILES string of the molecule is O=C(Nc1ccnc2cccnc12)c1ocnc1-c1ccccc1. The van der Waals surface area contributed by atoms with Crippen molar-refractivity contribution in [2.75, 3.05) is 5.32 Å². The molecule has 0 aliphatic rings. The van der Waals surface area contributed by atoms with Crippen LogP contribution in [0.1, 0.15) is 10.6 Å². The number of rotatable bonds is 3. The lowest BCUT2D eigenvalue weighted by molar-refractivity contribution is 0.0997. The first-order chi connectivity index (χ1) is 11.8. The third-order valence-electron chi connectivity index (χ3n) is 3.57. The number of nitrogens with zero attached hydrogens (tertiary/aromatic N) is 3. The molecule has 0 unspecified atom stereocenters. The van der Waals surface area contributed by atoms with Crippen molar-refractivity contribution in [1.82, 2.24) is 15.0 Å². The van der Waals surface area contributed by atoms with Gasteiger partial charge < -0.3 is 9.73 Å². The van der Waals surface area contributed by atoms with Gasteiger partial charge in [-0.3, -0.25) is 14.8 Å². The molecule has 0 saturated heterocycles. The van der Waals surface area contributed by atoms with Crippen molar-refractivity contribution in [3.8, 4) is 11.3 Å². The molecule has 0 bridgehead atoms. The summed E-state index contributed by atoms with van der Waals surface area (Å²) in [6.45, 7) is 0. The Labute approximate surface area is 137 Å². The van der Waals surface area contributed by atoms with Crippen molar-refractivity contribution in [2.24, 2.45) is 0 Å². The van der Waals surface area contributed by atoms with Crippen LogP contribution in [0.2, 0.25) is 0 Å². The summed E-state index contributed by atoms with van der Waals surface area (Å²) in [5.41, 5.74) is 3.21. The fourth-order valence-corrected chi connectivity index (χ4v) is 2.47. The Morgan fingerprint density at radius 1 is 0.917 bits per heavy atom. The number of pyridine rings is 2. The molecule has 3 aromatic heterocycles. The molecule has 4 rings (SSSR count). The Kier molecular flexibility index (Phi) is 3.47. The number of anilines is 1. The Morgan fingerprint density at radius 3 is 2.67 bits per heavy atom. The normalized spacial score (nSPS) is 10.7. The van der Waals surface area contributed by atoms with E-state index in [1.807, 2.05) is 36.4 Å². The van der Waals surface area contributed by atoms with Gasteiger partial charge in [0.2, 0.25) is 5.76 Å². The number of oxazole rings is 1. The number of nitrogens with one attached hydrogen (secondary N) is 1. The summed E-state index contributed by atoms with van der Waals surface area (Å²) in [5.74, 6) is -0.230. The van der Waals surface area contributed by atoms with Crippen molar-refractivity contribution in [2.45, 2.75) is 0 Å². The number of fused-ring (bicyclic) bond motifs is 1. The molecular formula is C18H12N4O2. The predicted molar refractivity (Wildman–Crippen MR) is 89.4 cm³/mol. The number of benzene rings is 1. The summed E-state index contributed by atoms with van der Waals surface area (Å²) in [4.78, 5) is 25.3. The average Bonchev–Trinajstić information content (AvgIpc) is 3.13. The van der Waals surface area contributed by atoms with Crippen LogP contribution in [0.15, 0.2) is 71.7 Å². The number of hydrogen-bond acceptors (Lipinski definition) is 5. The van der Waals surface area contributed by atoms with Crippen LogP contribution in [0.5, 0.6) is 0 Å². The maximum atomic E-state index is 12.6. The first-order valence-corrected chi connectivity index (χ1v) is 7.33. The molecular weight excluding hydrogens is 304 g/mol. The highest BCUT2D eigenvalue weighted by Crippen LogP contribution is 2.24. The van der Waals surface area contributed by atoms with Gasteiger partial charge in [0.15, 0.2) is 6.39 Å². The molecule has 0 aliphatic heterocycles. The number of carbonyl (C=O) groups is 1. The second-order valence-electron chi connectivity index (χ2n) is 5.08. The van der Waals surface area contributed by atoms with Crippen LogP contribution in [-0.4, -0.2) is 20.9 Å². The van der Waals surface area contributed by atoms with Crippen molar-refractivity contribution in [1.29, 1.82) is 0 Å². The molecule has 0 radical (unpaired) electrons. The van der Waals surface area contributed by atoms with E-state index in [-0.39, 0.29) is 11.7 Å². The van der Waals surface area contributed by atoms with Crippen LogP contribution in [0.25, 0.3) is 22.3 Å². The van der Waals surface area contributed by atoms with Gasteiger partial charge in [0.1, 0.15) is 11.2 Å². The van der Waals surface area contributed by atoms with E-state index in [0.29, 0.717) is 22.4 Å². The Balaban J connectivity index is 1.70. The van der Waals surface area contributed by atoms with E-state index in [0.717, 1.165) is 5.56 Å². The van der Waals surface area contributed by atoms with Crippen LogP contribution in [-0.2, 0) is 0 Å². The van der Waals surface area contributed by atoms with Gasteiger partial charge in [-0.25, -0.2) is 4.98 Å². The minimum atomic E-state index is -0.385. The van der Waals surface area contributed by atoms with E-state index in [1.165, 1.54) is 6.39 Å². The van der Waals surface area contributed by atoms with Crippen LogP contribution in [0.4, 0.5) is 5.69 Å². The van der Waals surface area contributed by atoms with Crippen LogP contribution < -0.4 is 5.32 Å². The molecule has 0 aliphatic carbocycles. The van der Waals surface area contributed by atoms with Crippen LogP contribution in [0, 0.1) is 0 Å². The number of hydrogen-bond donors (Lipinski definition) is 1. The van der Waals surface area contributed by atoms with Gasteiger partial charge in [-0.1, -0.05) is 30.3 Å². The summed E-state index contributed by atoms with van der Waals surface area (Å²) in [6.07, 6.45) is 4.54.